The highest BCUT2D eigenvalue weighted by Gasteiger charge is 2.63. The van der Waals surface area contributed by atoms with Gasteiger partial charge in [-0.1, -0.05) is 26.0 Å². The van der Waals surface area contributed by atoms with Crippen LogP contribution in [0, 0.1) is 17.8 Å². The van der Waals surface area contributed by atoms with Crippen molar-refractivity contribution in [2.75, 3.05) is 19.8 Å². The molecule has 4 amide bonds. The number of allylic oxidation sites excluding steroid dienone is 1. The maximum absolute atomic E-state index is 14.6. The van der Waals surface area contributed by atoms with E-state index < -0.39 is 91.9 Å². The van der Waals surface area contributed by atoms with Crippen LogP contribution >= 0.6 is 0 Å². The summed E-state index contributed by atoms with van der Waals surface area (Å²) in [5, 5.41) is 5.04. The number of sulfonamides is 1. The van der Waals surface area contributed by atoms with Crippen LogP contribution < -0.4 is 24.8 Å². The highest BCUT2D eigenvalue weighted by atomic mass is 32.2. The fourth-order valence-corrected chi connectivity index (χ4v) is 8.74. The quantitative estimate of drug-likeness (QED) is 0.267. The molecule has 7 atom stereocenters. The summed E-state index contributed by atoms with van der Waals surface area (Å²) in [5.41, 5.74) is -4.51. The molecule has 2 saturated carbocycles. The van der Waals surface area contributed by atoms with E-state index >= 15 is 0 Å². The molecule has 1 saturated heterocycles. The number of hydrogen-bond donors (Lipinski definition) is 3. The Morgan fingerprint density at radius 2 is 1.72 bits per heavy atom. The van der Waals surface area contributed by atoms with Gasteiger partial charge in [-0.3, -0.25) is 19.1 Å². The van der Waals surface area contributed by atoms with Gasteiger partial charge in [0.15, 0.2) is 11.5 Å². The molecule has 15 nitrogen and oxygen atoms in total. The minimum Gasteiger partial charge on any atom is -0.486 e. The van der Waals surface area contributed by atoms with Crippen molar-refractivity contribution < 1.29 is 64.5 Å². The van der Waals surface area contributed by atoms with Crippen molar-refractivity contribution in [1.82, 2.24) is 20.3 Å². The van der Waals surface area contributed by atoms with E-state index in [4.69, 9.17) is 18.9 Å². The number of carbonyl (C=O) groups is 5. The molecule has 3 N–H and O–H groups in total. The fourth-order valence-electron chi connectivity index (χ4n) is 7.43. The third-order valence-corrected chi connectivity index (χ3v) is 13.8. The minimum absolute atomic E-state index is 0.0636. The first-order chi connectivity index (χ1) is 26.6. The summed E-state index contributed by atoms with van der Waals surface area (Å²) in [6.45, 7) is 6.61. The summed E-state index contributed by atoms with van der Waals surface area (Å²) in [7, 11) is -4.10. The number of alkyl carbamates (subject to hydrolysis) is 1. The summed E-state index contributed by atoms with van der Waals surface area (Å²) in [5.74, 6) is -4.08. The predicted octanol–water partition coefficient (Wildman–Crippen LogP) is 3.91. The number of hydrogen-bond acceptors (Lipinski definition) is 11. The Balaban J connectivity index is 1.31. The number of halogens is 3. The lowest BCUT2D eigenvalue weighted by Crippen LogP contribution is -2.59. The smallest absolute Gasteiger partial charge is 0.427 e. The second kappa shape index (κ2) is 15.3. The van der Waals surface area contributed by atoms with Gasteiger partial charge in [0.1, 0.15) is 36.9 Å². The van der Waals surface area contributed by atoms with Crippen LogP contribution in [0.2, 0.25) is 0 Å². The molecule has 57 heavy (non-hydrogen) atoms. The van der Waals surface area contributed by atoms with Crippen LogP contribution in [0.25, 0.3) is 0 Å². The summed E-state index contributed by atoms with van der Waals surface area (Å²) < 4.78 is 90.0. The van der Waals surface area contributed by atoms with E-state index in [2.05, 4.69) is 15.4 Å². The van der Waals surface area contributed by atoms with Crippen molar-refractivity contribution in [3.63, 3.8) is 0 Å². The van der Waals surface area contributed by atoms with E-state index in [1.54, 1.807) is 13.0 Å². The van der Waals surface area contributed by atoms with Crippen LogP contribution in [-0.4, -0.2) is 103 Å². The molecule has 7 unspecified atom stereocenters. The second-order valence-electron chi connectivity index (χ2n) is 16.6. The lowest BCUT2D eigenvalue weighted by molar-refractivity contribution is -0.244. The van der Waals surface area contributed by atoms with E-state index in [0.717, 1.165) is 4.90 Å². The zero-order valence-electron chi connectivity index (χ0n) is 32.4. The molecule has 0 bridgehead atoms. The van der Waals surface area contributed by atoms with Crippen molar-refractivity contribution in [1.29, 1.82) is 0 Å². The third-order valence-electron chi connectivity index (χ3n) is 11.6. The van der Waals surface area contributed by atoms with E-state index in [1.807, 2.05) is 13.0 Å². The first kappa shape index (κ1) is 42.1. The number of benzene rings is 1. The average molecular weight is 827 g/mol. The maximum atomic E-state index is 14.6. The van der Waals surface area contributed by atoms with Gasteiger partial charge in [0.05, 0.1) is 16.9 Å². The zero-order valence-corrected chi connectivity index (χ0v) is 33.2. The van der Waals surface area contributed by atoms with Crippen LogP contribution in [-0.2, 0) is 33.9 Å². The van der Waals surface area contributed by atoms with Gasteiger partial charge in [-0.15, -0.1) is 0 Å². The molecule has 0 aromatic heterocycles. The SMILES string of the molecule is CC1CCC=CC2CC2(C(=O)NS(=O)(=O)C2(C)CC2)NC(=O)C2CC(OC(=O)c3ccc4c(c3)OCCO4)CN2C(=O)C(NC(=O)OC(C)(C)C(F)(F)F)C(C)C1. The Bertz CT molecular complexity index is 1940. The number of ether oxygens (including phenoxy) is 4. The largest absolute Gasteiger partial charge is 0.486 e. The van der Waals surface area contributed by atoms with E-state index in [0.29, 0.717) is 64.1 Å². The summed E-state index contributed by atoms with van der Waals surface area (Å²) in [4.78, 5) is 70.4. The number of nitrogens with one attached hydrogen (secondary N) is 3. The summed E-state index contributed by atoms with van der Waals surface area (Å²) >= 11 is 0. The molecule has 314 valence electrons. The van der Waals surface area contributed by atoms with Gasteiger partial charge in [-0.25, -0.2) is 18.0 Å². The van der Waals surface area contributed by atoms with Gasteiger partial charge < -0.3 is 34.5 Å². The Kier molecular flexibility index (Phi) is 11.3. The van der Waals surface area contributed by atoms with Crippen LogP contribution in [0.1, 0.15) is 89.9 Å². The molecule has 3 fully saturated rings. The van der Waals surface area contributed by atoms with Crippen molar-refractivity contribution in [2.45, 2.75) is 120 Å². The van der Waals surface area contributed by atoms with Gasteiger partial charge >= 0.3 is 18.2 Å². The monoisotopic (exact) mass is 826 g/mol. The van der Waals surface area contributed by atoms with Crippen LogP contribution in [0.3, 0.4) is 0 Å². The molecule has 3 aliphatic heterocycles. The maximum Gasteiger partial charge on any atom is 0.427 e. The molecule has 5 aliphatic rings. The predicted molar refractivity (Wildman–Crippen MR) is 195 cm³/mol. The van der Waals surface area contributed by atoms with Crippen molar-refractivity contribution in [3.05, 3.63) is 35.9 Å². The van der Waals surface area contributed by atoms with E-state index in [1.165, 1.54) is 25.1 Å². The molecule has 0 radical (unpaired) electrons. The van der Waals surface area contributed by atoms with Crippen LogP contribution in [0.4, 0.5) is 18.0 Å². The number of amides is 4. The number of carbonyl (C=O) groups excluding carboxylic acids is 5. The number of alkyl halides is 3. The summed E-state index contributed by atoms with van der Waals surface area (Å²) in [6.07, 6.45) is -2.04. The fraction of sp³-hybridized carbons (Fsp3) is 0.658. The number of fused-ring (bicyclic) bond motifs is 3. The van der Waals surface area contributed by atoms with E-state index in [9.17, 15) is 45.6 Å². The molecule has 2 aliphatic carbocycles. The van der Waals surface area contributed by atoms with Gasteiger partial charge in [-0.05, 0) is 89.3 Å². The molecule has 6 rings (SSSR count). The lowest BCUT2D eigenvalue weighted by Gasteiger charge is -2.34. The Morgan fingerprint density at radius 3 is 2.39 bits per heavy atom. The Labute approximate surface area is 328 Å². The van der Waals surface area contributed by atoms with Crippen molar-refractivity contribution in [2.24, 2.45) is 17.8 Å². The standard InChI is InChI=1S/C38H49F3N4O11S/c1-21-8-6-7-9-24-19-37(24,33(49)44-57(51,52)36(5)12-13-36)43-30(46)26-18-25(55-32(48)23-10-11-27-28(17-23)54-15-14-53-27)20-45(26)31(47)29(22(2)16-21)42-34(50)56-35(3,4)38(39,40)41/h7,9-11,17,21-22,24-26,29H,6,8,12-16,18-20H2,1-5H3,(H,42,50)(H,43,46)(H,44,49). The first-order valence-corrected chi connectivity index (χ1v) is 20.6. The molecule has 1 aromatic carbocycles. The van der Waals surface area contributed by atoms with Crippen LogP contribution in [0.5, 0.6) is 11.5 Å². The van der Waals surface area contributed by atoms with Crippen molar-refractivity contribution in [3.8, 4) is 11.5 Å². The van der Waals surface area contributed by atoms with Crippen LogP contribution in [0.15, 0.2) is 30.4 Å². The van der Waals surface area contributed by atoms with Crippen molar-refractivity contribution >= 4 is 39.8 Å². The first-order valence-electron chi connectivity index (χ1n) is 19.1. The van der Waals surface area contributed by atoms with Gasteiger partial charge in [0, 0.05) is 12.3 Å². The summed E-state index contributed by atoms with van der Waals surface area (Å²) in [6, 6.07) is 1.50. The lowest BCUT2D eigenvalue weighted by atomic mass is 9.88. The molecule has 1 aromatic rings. The van der Waals surface area contributed by atoms with Gasteiger partial charge in [-0.2, -0.15) is 13.2 Å². The van der Waals surface area contributed by atoms with Gasteiger partial charge in [0.25, 0.3) is 5.91 Å². The molecular formula is C38H49F3N4O11S. The molecule has 3 heterocycles. The second-order valence-corrected chi connectivity index (χ2v) is 18.8. The highest BCUT2D eigenvalue weighted by molar-refractivity contribution is 7.91. The Morgan fingerprint density at radius 1 is 1.04 bits per heavy atom. The third kappa shape index (κ3) is 8.82. The highest BCUT2D eigenvalue weighted by Crippen LogP contribution is 2.48. The van der Waals surface area contributed by atoms with Gasteiger partial charge in [0.2, 0.25) is 27.4 Å². The Hall–Kier alpha value is -4.55. The number of esters is 1. The molecule has 19 heteroatoms. The van der Waals surface area contributed by atoms with E-state index in [-0.39, 0.29) is 37.5 Å². The zero-order chi connectivity index (χ0) is 41.7. The molecular weight excluding hydrogens is 777 g/mol. The minimum atomic E-state index is -4.94. The topological polar surface area (TPSA) is 196 Å². The average Bonchev–Trinajstić information content (AvgIpc) is 4.01. The number of nitrogens with zero attached hydrogens (tertiary/aromatic N) is 1. The molecule has 0 spiro atoms. The number of rotatable bonds is 7. The normalized spacial score (nSPS) is 30.0.